The Hall–Kier alpha value is -1.14. The maximum atomic E-state index is 9.97. The van der Waals surface area contributed by atoms with Crippen molar-refractivity contribution >= 4 is 11.9 Å². The minimum atomic E-state index is -1.08. The van der Waals surface area contributed by atoms with Crippen molar-refractivity contribution in [2.24, 2.45) is 5.92 Å². The Morgan fingerprint density at radius 2 is 1.26 bits per heavy atom. The normalized spacial score (nSPS) is 13.2. The minimum absolute atomic E-state index is 0.215. The number of rotatable bonds is 4. The van der Waals surface area contributed by atoms with E-state index in [1.807, 2.05) is 41.5 Å². The molecule has 0 aliphatic rings. The average molecular weight is 278 g/mol. The fraction of sp³-hybridized carbons (Fsp3) is 0.846. The summed E-state index contributed by atoms with van der Waals surface area (Å²) in [6, 6.07) is 0. The van der Waals surface area contributed by atoms with Gasteiger partial charge < -0.3 is 10.2 Å². The highest BCUT2D eigenvalue weighted by Gasteiger charge is 2.18. The Balaban J connectivity index is 0. The first-order chi connectivity index (χ1) is 8.24. The van der Waals surface area contributed by atoms with Crippen molar-refractivity contribution in [1.82, 2.24) is 0 Å². The number of hydrogen-bond acceptors (Lipinski definition) is 4. The third-order valence-corrected chi connectivity index (χ3v) is 1.44. The van der Waals surface area contributed by atoms with Crippen molar-refractivity contribution in [3.63, 3.8) is 0 Å². The smallest absolute Gasteiger partial charge is 0.306 e. The largest absolute Gasteiger partial charge is 0.481 e. The number of carboxylic acids is 2. The Morgan fingerprint density at radius 1 is 0.947 bits per heavy atom. The SMILES string of the molecule is CC(C)(C)OOC(C)(C)C.CC(CC(=O)O)C(=O)O. The molecule has 0 aliphatic heterocycles. The lowest BCUT2D eigenvalue weighted by atomic mass is 10.1. The van der Waals surface area contributed by atoms with Gasteiger partial charge in [0.1, 0.15) is 0 Å². The van der Waals surface area contributed by atoms with Crippen molar-refractivity contribution < 1.29 is 29.6 Å². The second-order valence-corrected chi connectivity index (χ2v) is 6.23. The van der Waals surface area contributed by atoms with E-state index >= 15 is 0 Å². The van der Waals surface area contributed by atoms with Gasteiger partial charge in [-0.05, 0) is 41.5 Å². The van der Waals surface area contributed by atoms with E-state index in [1.165, 1.54) is 6.92 Å². The summed E-state index contributed by atoms with van der Waals surface area (Å²) in [5.41, 5.74) is -0.430. The molecule has 114 valence electrons. The maximum Gasteiger partial charge on any atom is 0.306 e. The molecule has 0 spiro atoms. The van der Waals surface area contributed by atoms with E-state index in [9.17, 15) is 9.59 Å². The molecule has 6 heteroatoms. The van der Waals surface area contributed by atoms with Gasteiger partial charge in [-0.15, -0.1) is 0 Å². The lowest BCUT2D eigenvalue weighted by Gasteiger charge is -2.24. The van der Waals surface area contributed by atoms with Crippen LogP contribution in [0.5, 0.6) is 0 Å². The van der Waals surface area contributed by atoms with Gasteiger partial charge in [0.25, 0.3) is 0 Å². The summed E-state index contributed by atoms with van der Waals surface area (Å²) in [7, 11) is 0. The third-order valence-electron chi connectivity index (χ3n) is 1.44. The summed E-state index contributed by atoms with van der Waals surface area (Å²) in [5.74, 6) is -2.94. The standard InChI is InChI=1S/C8H18O2.C5H8O4/c1-7(2,3)9-10-8(4,5)6;1-3(5(8)9)2-4(6)7/h1-6H3;3H,2H2,1H3,(H,6,7)(H,8,9). The van der Waals surface area contributed by atoms with E-state index in [4.69, 9.17) is 20.0 Å². The molecule has 0 radical (unpaired) electrons. The van der Waals surface area contributed by atoms with Crippen LogP contribution in [-0.4, -0.2) is 33.4 Å². The molecule has 0 aromatic heterocycles. The summed E-state index contributed by atoms with van der Waals surface area (Å²) >= 11 is 0. The Labute approximate surface area is 114 Å². The van der Waals surface area contributed by atoms with Gasteiger partial charge in [0.05, 0.1) is 23.5 Å². The predicted molar refractivity (Wildman–Crippen MR) is 70.7 cm³/mol. The first-order valence-electron chi connectivity index (χ1n) is 6.06. The highest BCUT2D eigenvalue weighted by Crippen LogP contribution is 2.14. The highest BCUT2D eigenvalue weighted by atomic mass is 17.2. The van der Waals surface area contributed by atoms with Gasteiger partial charge in [-0.2, -0.15) is 0 Å². The quantitative estimate of drug-likeness (QED) is 0.606. The van der Waals surface area contributed by atoms with Crippen molar-refractivity contribution in [2.75, 3.05) is 0 Å². The monoisotopic (exact) mass is 278 g/mol. The molecule has 19 heavy (non-hydrogen) atoms. The van der Waals surface area contributed by atoms with E-state index in [-0.39, 0.29) is 17.6 Å². The zero-order valence-electron chi connectivity index (χ0n) is 12.8. The summed E-state index contributed by atoms with van der Waals surface area (Å²) in [6.45, 7) is 13.1. The zero-order chi connectivity index (χ0) is 15.9. The van der Waals surface area contributed by atoms with Gasteiger partial charge in [-0.25, -0.2) is 9.78 Å². The first kappa shape index (κ1) is 20.2. The van der Waals surface area contributed by atoms with E-state index in [0.29, 0.717) is 0 Å². The van der Waals surface area contributed by atoms with Crippen molar-refractivity contribution in [3.8, 4) is 0 Å². The number of hydrogen-bond donors (Lipinski definition) is 2. The van der Waals surface area contributed by atoms with Crippen LogP contribution < -0.4 is 0 Å². The summed E-state index contributed by atoms with van der Waals surface area (Å²) < 4.78 is 0. The molecule has 0 amide bonds. The van der Waals surface area contributed by atoms with Crippen molar-refractivity contribution in [1.29, 1.82) is 0 Å². The van der Waals surface area contributed by atoms with E-state index in [1.54, 1.807) is 0 Å². The van der Waals surface area contributed by atoms with Gasteiger partial charge in [-0.3, -0.25) is 9.59 Å². The fourth-order valence-corrected chi connectivity index (χ4v) is 0.599. The molecule has 0 aromatic carbocycles. The summed E-state index contributed by atoms with van der Waals surface area (Å²) in [4.78, 5) is 30.0. The third kappa shape index (κ3) is 19.4. The van der Waals surface area contributed by atoms with Crippen molar-refractivity contribution in [3.05, 3.63) is 0 Å². The number of carbonyl (C=O) groups is 2. The van der Waals surface area contributed by atoms with E-state index in [0.717, 1.165) is 0 Å². The lowest BCUT2D eigenvalue weighted by molar-refractivity contribution is -0.393. The molecule has 0 rings (SSSR count). The Morgan fingerprint density at radius 3 is 1.37 bits per heavy atom. The second-order valence-electron chi connectivity index (χ2n) is 6.23. The molecule has 1 atom stereocenters. The van der Waals surface area contributed by atoms with E-state index in [2.05, 4.69) is 0 Å². The predicted octanol–water partition coefficient (Wildman–Crippen LogP) is 2.71. The zero-order valence-corrected chi connectivity index (χ0v) is 12.8. The second kappa shape index (κ2) is 8.12. The van der Waals surface area contributed by atoms with Gasteiger partial charge in [0, 0.05) is 0 Å². The van der Waals surface area contributed by atoms with Crippen LogP contribution in [0.2, 0.25) is 0 Å². The fourth-order valence-electron chi connectivity index (χ4n) is 0.599. The molecule has 0 saturated heterocycles. The van der Waals surface area contributed by atoms with Crippen LogP contribution >= 0.6 is 0 Å². The van der Waals surface area contributed by atoms with Crippen LogP contribution in [0.25, 0.3) is 0 Å². The van der Waals surface area contributed by atoms with Crippen LogP contribution in [-0.2, 0) is 19.4 Å². The minimum Gasteiger partial charge on any atom is -0.481 e. The van der Waals surface area contributed by atoms with Crippen LogP contribution in [0, 0.1) is 5.92 Å². The topological polar surface area (TPSA) is 93.1 Å². The average Bonchev–Trinajstić information content (AvgIpc) is 2.12. The first-order valence-corrected chi connectivity index (χ1v) is 6.06. The molecule has 0 bridgehead atoms. The van der Waals surface area contributed by atoms with E-state index < -0.39 is 17.9 Å². The molecule has 0 aromatic rings. The summed E-state index contributed by atoms with van der Waals surface area (Å²) in [5, 5.41) is 16.2. The molecular formula is C13H26O6. The van der Waals surface area contributed by atoms with Crippen LogP contribution in [0.15, 0.2) is 0 Å². The molecule has 1 unspecified atom stereocenters. The lowest BCUT2D eigenvalue weighted by Crippen LogP contribution is -2.27. The van der Waals surface area contributed by atoms with Crippen molar-refractivity contribution in [2.45, 2.75) is 66.1 Å². The summed E-state index contributed by atoms with van der Waals surface area (Å²) in [6.07, 6.45) is -0.310. The van der Waals surface area contributed by atoms with Gasteiger partial charge in [-0.1, -0.05) is 6.92 Å². The Bertz CT molecular complexity index is 270. The van der Waals surface area contributed by atoms with Gasteiger partial charge in [0.15, 0.2) is 0 Å². The van der Waals surface area contributed by atoms with Crippen LogP contribution in [0.3, 0.4) is 0 Å². The van der Waals surface area contributed by atoms with Gasteiger partial charge >= 0.3 is 11.9 Å². The maximum absolute atomic E-state index is 9.97. The van der Waals surface area contributed by atoms with Crippen LogP contribution in [0.4, 0.5) is 0 Å². The molecule has 0 aliphatic carbocycles. The van der Waals surface area contributed by atoms with Crippen LogP contribution in [0.1, 0.15) is 54.9 Å². The number of aliphatic carboxylic acids is 2. The molecule has 0 heterocycles. The van der Waals surface area contributed by atoms with Gasteiger partial charge in [0.2, 0.25) is 0 Å². The molecule has 0 fully saturated rings. The molecular weight excluding hydrogens is 252 g/mol. The molecule has 0 saturated carbocycles. The molecule has 6 nitrogen and oxygen atoms in total. The Kier molecular flexibility index (Phi) is 8.62. The highest BCUT2D eigenvalue weighted by molar-refractivity contribution is 5.77. The molecule has 2 N–H and O–H groups in total. The number of carboxylic acid groups (broad SMARTS) is 2.